The van der Waals surface area contributed by atoms with Crippen LogP contribution in [0.25, 0.3) is 10.4 Å². The number of hydrogen-bond acceptors (Lipinski definition) is 12. The molecule has 0 radical (unpaired) electrons. The molecule has 0 aromatic heterocycles. The molecule has 1 fully saturated rings. The van der Waals surface area contributed by atoms with Gasteiger partial charge < -0.3 is 34.5 Å². The molecule has 2 aliphatic heterocycles. The molecule has 16 nitrogen and oxygen atoms in total. The highest BCUT2D eigenvalue weighted by molar-refractivity contribution is 7.54. The molecule has 0 amide bonds. The number of hydrogen-bond donors (Lipinski definition) is 4. The second kappa shape index (κ2) is 14.2. The Labute approximate surface area is 237 Å². The molecule has 41 heavy (non-hydrogen) atoms. The molecule has 0 aromatic carbocycles. The molecule has 0 spiro atoms. The summed E-state index contributed by atoms with van der Waals surface area (Å²) in [5, 5.41) is 19.3. The number of aliphatic hydroxyl groups excluding tert-OH is 1. The lowest BCUT2D eigenvalue weighted by molar-refractivity contribution is -0.149. The minimum absolute atomic E-state index is 0.00865. The molecule has 1 saturated heterocycles. The van der Waals surface area contributed by atoms with E-state index in [1.54, 1.807) is 27.7 Å². The van der Waals surface area contributed by atoms with E-state index in [-0.39, 0.29) is 11.7 Å². The topological polar surface area (TPSA) is 223 Å². The van der Waals surface area contributed by atoms with Crippen LogP contribution in [0.1, 0.15) is 41.5 Å². The van der Waals surface area contributed by atoms with Crippen LogP contribution in [0.2, 0.25) is 0 Å². The minimum Gasteiger partial charge on any atom is -0.462 e. The third-order valence-electron chi connectivity index (χ3n) is 5.74. The first-order valence-electron chi connectivity index (χ1n) is 12.8. The van der Waals surface area contributed by atoms with Gasteiger partial charge in [-0.15, -0.1) is 0 Å². The summed E-state index contributed by atoms with van der Waals surface area (Å²) in [7, 11) is -4.41. The van der Waals surface area contributed by atoms with Crippen LogP contribution >= 0.6 is 7.67 Å². The molecule has 230 valence electrons. The fourth-order valence-corrected chi connectivity index (χ4v) is 5.65. The number of halogens is 1. The summed E-state index contributed by atoms with van der Waals surface area (Å²) in [4.78, 5) is 32.7. The SMILES string of the molecule is C=C1N=C(N)C=CN1[C@@H]1O[C@](CN=[N+]=[N-])(COP(=O)(NC(C)C(=O)OC(C)C)NC(C)C(=O)OC(C)C)[C@@H](O)[C@H]1F. The molecule has 6 atom stereocenters. The maximum Gasteiger partial charge on any atom is 0.342 e. The van der Waals surface area contributed by atoms with Crippen LogP contribution in [0.3, 0.4) is 0 Å². The number of nitrogens with zero attached hydrogens (tertiary/aromatic N) is 5. The average molecular weight is 605 g/mol. The molecule has 2 aliphatic rings. The van der Waals surface area contributed by atoms with Crippen LogP contribution in [-0.4, -0.2) is 89.3 Å². The van der Waals surface area contributed by atoms with E-state index >= 15 is 4.39 Å². The van der Waals surface area contributed by atoms with Crippen molar-refractivity contribution in [3.8, 4) is 0 Å². The number of azide groups is 1. The Morgan fingerprint density at radius 3 is 2.27 bits per heavy atom. The Morgan fingerprint density at radius 1 is 1.27 bits per heavy atom. The summed E-state index contributed by atoms with van der Waals surface area (Å²) >= 11 is 0. The van der Waals surface area contributed by atoms with Gasteiger partial charge >= 0.3 is 19.6 Å². The number of amidine groups is 1. The van der Waals surface area contributed by atoms with E-state index in [4.69, 9.17) is 30.0 Å². The normalized spacial score (nSPS) is 27.2. The van der Waals surface area contributed by atoms with Crippen LogP contribution in [0.4, 0.5) is 4.39 Å². The predicted molar refractivity (Wildman–Crippen MR) is 145 cm³/mol. The summed E-state index contributed by atoms with van der Waals surface area (Å²) in [5.41, 5.74) is 12.5. The van der Waals surface area contributed by atoms with Gasteiger partial charge in [-0.1, -0.05) is 11.7 Å². The number of alkyl halides is 1. The zero-order valence-electron chi connectivity index (χ0n) is 23.8. The summed E-state index contributed by atoms with van der Waals surface area (Å²) in [6, 6.07) is -2.42. The van der Waals surface area contributed by atoms with Crippen molar-refractivity contribution in [1.82, 2.24) is 15.1 Å². The Bertz CT molecular complexity index is 1110. The third-order valence-corrected chi connectivity index (χ3v) is 7.68. The fraction of sp³-hybridized carbons (Fsp3) is 0.696. The van der Waals surface area contributed by atoms with Gasteiger partial charge in [-0.3, -0.25) is 14.2 Å². The van der Waals surface area contributed by atoms with Crippen LogP contribution in [0, 0.1) is 0 Å². The molecule has 5 N–H and O–H groups in total. The number of aliphatic imine (C=N–C) groups is 1. The van der Waals surface area contributed by atoms with Crippen molar-refractivity contribution in [3.05, 3.63) is 35.1 Å². The highest BCUT2D eigenvalue weighted by Gasteiger charge is 2.58. The second-order valence-electron chi connectivity index (χ2n) is 10.0. The lowest BCUT2D eigenvalue weighted by atomic mass is 9.97. The lowest BCUT2D eigenvalue weighted by Gasteiger charge is -2.34. The maximum atomic E-state index is 15.5. The Balaban J connectivity index is 2.37. The minimum atomic E-state index is -4.41. The van der Waals surface area contributed by atoms with Crippen molar-refractivity contribution in [2.75, 3.05) is 13.2 Å². The lowest BCUT2D eigenvalue weighted by Crippen LogP contribution is -2.50. The molecule has 2 heterocycles. The van der Waals surface area contributed by atoms with Crippen LogP contribution in [0.5, 0.6) is 0 Å². The number of carbonyl (C=O) groups excluding carboxylic acids is 2. The van der Waals surface area contributed by atoms with E-state index < -0.39 is 81.2 Å². The highest BCUT2D eigenvalue weighted by Crippen LogP contribution is 2.44. The van der Waals surface area contributed by atoms with E-state index in [0.29, 0.717) is 0 Å². The predicted octanol–water partition coefficient (Wildman–Crippen LogP) is 1.73. The van der Waals surface area contributed by atoms with Crippen LogP contribution < -0.4 is 15.9 Å². The molecule has 2 unspecified atom stereocenters. The van der Waals surface area contributed by atoms with Gasteiger partial charge in [-0.25, -0.2) is 19.6 Å². The summed E-state index contributed by atoms with van der Waals surface area (Å²) in [6.45, 7) is 11.4. The number of ether oxygens (including phenoxy) is 3. The van der Waals surface area contributed by atoms with Crippen molar-refractivity contribution in [2.24, 2.45) is 15.8 Å². The van der Waals surface area contributed by atoms with Gasteiger partial charge in [0.05, 0.1) is 25.4 Å². The van der Waals surface area contributed by atoms with Crippen LogP contribution in [0.15, 0.2) is 34.8 Å². The molecule has 18 heteroatoms. The number of esters is 2. The first-order chi connectivity index (χ1) is 19.0. The first-order valence-corrected chi connectivity index (χ1v) is 14.4. The van der Waals surface area contributed by atoms with Crippen molar-refractivity contribution < 1.29 is 42.4 Å². The van der Waals surface area contributed by atoms with Crippen molar-refractivity contribution in [2.45, 2.75) is 89.9 Å². The van der Waals surface area contributed by atoms with E-state index in [1.807, 2.05) is 0 Å². The summed E-state index contributed by atoms with van der Waals surface area (Å²) in [6.07, 6.45) is -3.83. The van der Waals surface area contributed by atoms with Gasteiger partial charge in [-0.2, -0.15) is 0 Å². The number of rotatable bonds is 14. The monoisotopic (exact) mass is 604 g/mol. The summed E-state index contributed by atoms with van der Waals surface area (Å²) < 4.78 is 51.2. The van der Waals surface area contributed by atoms with Crippen molar-refractivity contribution in [1.29, 1.82) is 0 Å². The number of aliphatic hydroxyl groups is 1. The molecule has 0 aliphatic carbocycles. The first kappa shape index (κ1) is 34.2. The van der Waals surface area contributed by atoms with E-state index in [1.165, 1.54) is 31.0 Å². The third kappa shape index (κ3) is 8.97. The fourth-order valence-electron chi connectivity index (χ4n) is 3.79. The molecule has 0 saturated carbocycles. The Hall–Kier alpha value is -3.04. The molecule has 2 rings (SSSR count). The summed E-state index contributed by atoms with van der Waals surface area (Å²) in [5.74, 6) is -1.43. The number of carbonyl (C=O) groups is 2. The van der Waals surface area contributed by atoms with Gasteiger partial charge in [0.1, 0.15) is 35.4 Å². The van der Waals surface area contributed by atoms with Gasteiger partial charge in [0.25, 0.3) is 0 Å². The van der Waals surface area contributed by atoms with Gasteiger partial charge in [0, 0.05) is 11.1 Å². The van der Waals surface area contributed by atoms with Crippen molar-refractivity contribution >= 4 is 25.4 Å². The van der Waals surface area contributed by atoms with Gasteiger partial charge in [0.15, 0.2) is 12.4 Å². The molecule has 0 aromatic rings. The second-order valence-corrected chi connectivity index (χ2v) is 11.9. The maximum absolute atomic E-state index is 15.5. The highest BCUT2D eigenvalue weighted by atomic mass is 31.2. The van der Waals surface area contributed by atoms with E-state index in [0.717, 1.165) is 0 Å². The van der Waals surface area contributed by atoms with E-state index in [9.17, 15) is 19.3 Å². The zero-order chi connectivity index (χ0) is 31.1. The zero-order valence-corrected chi connectivity index (χ0v) is 24.7. The van der Waals surface area contributed by atoms with Gasteiger partial charge in [-0.05, 0) is 53.1 Å². The Morgan fingerprint density at radius 2 is 1.80 bits per heavy atom. The quantitative estimate of drug-likeness (QED) is 0.0732. The largest absolute Gasteiger partial charge is 0.462 e. The average Bonchev–Trinajstić information content (AvgIpc) is 3.11. The number of nitrogens with two attached hydrogens (primary N) is 1. The van der Waals surface area contributed by atoms with Crippen LogP contribution in [-0.2, 0) is 32.9 Å². The Kier molecular flexibility index (Phi) is 11.9. The van der Waals surface area contributed by atoms with Crippen molar-refractivity contribution in [3.63, 3.8) is 0 Å². The van der Waals surface area contributed by atoms with E-state index in [2.05, 4.69) is 31.8 Å². The molecule has 0 bridgehead atoms. The molecular formula is C23H38FN8O8P. The number of nitrogens with one attached hydrogen (secondary N) is 2. The van der Waals surface area contributed by atoms with Gasteiger partial charge in [0.2, 0.25) is 0 Å². The smallest absolute Gasteiger partial charge is 0.342 e. The standard InChI is InChI=1S/C23H38FN8O8P/c1-12(2)38-21(34)14(5)29-41(36,30-15(6)22(35)39-13(3)4)37-11-23(10-27-31-26)19(33)18(24)20(40-23)32-9-8-17(25)28-16(32)7/h8-9,12-15,18-20,33H,7,10-11H2,1-6H3,(H2,25,28)(H2,29,30,36)/t14?,15?,18-,19+,20-,23-,41?/m1/s1. The molecular weight excluding hydrogens is 566 g/mol.